The largest absolute Gasteiger partial charge is 0.310 e. The van der Waals surface area contributed by atoms with Crippen LogP contribution in [0.2, 0.25) is 5.02 Å². The van der Waals surface area contributed by atoms with Crippen LogP contribution in [0.4, 0.5) is 0 Å². The van der Waals surface area contributed by atoms with Crippen LogP contribution in [0.25, 0.3) is 0 Å². The van der Waals surface area contributed by atoms with Gasteiger partial charge in [0.15, 0.2) is 0 Å². The number of hydrogen-bond donors (Lipinski definition) is 1. The quantitative estimate of drug-likeness (QED) is 0.816. The summed E-state index contributed by atoms with van der Waals surface area (Å²) in [5.74, 6) is 0. The van der Waals surface area contributed by atoms with Crippen LogP contribution < -0.4 is 5.32 Å². The van der Waals surface area contributed by atoms with Gasteiger partial charge in [-0.25, -0.2) is 0 Å². The number of likely N-dealkylation sites (N-methyl/N-ethyl adjacent to an activating group) is 1. The summed E-state index contributed by atoms with van der Waals surface area (Å²) in [5, 5.41) is 4.01. The van der Waals surface area contributed by atoms with E-state index < -0.39 is 0 Å². The zero-order chi connectivity index (χ0) is 11.4. The second kappa shape index (κ2) is 5.69. The van der Waals surface area contributed by atoms with Crippen molar-refractivity contribution in [3.8, 4) is 0 Å². The molecule has 15 heavy (non-hydrogen) atoms. The highest BCUT2D eigenvalue weighted by molar-refractivity contribution is 9.10. The van der Waals surface area contributed by atoms with E-state index in [2.05, 4.69) is 41.2 Å². The molecule has 0 radical (unpaired) electrons. The Morgan fingerprint density at radius 1 is 1.47 bits per heavy atom. The summed E-state index contributed by atoms with van der Waals surface area (Å²) in [5.41, 5.74) is 2.36. The Kier molecular flexibility index (Phi) is 4.84. The van der Waals surface area contributed by atoms with Gasteiger partial charge in [0, 0.05) is 4.47 Å². The first-order valence-corrected chi connectivity index (χ1v) is 5.99. The van der Waals surface area contributed by atoms with E-state index in [-0.39, 0.29) is 6.04 Å². The van der Waals surface area contributed by atoms with Crippen LogP contribution >= 0.6 is 27.5 Å². The van der Waals surface area contributed by atoms with Crippen LogP contribution in [0.1, 0.15) is 25.5 Å². The highest BCUT2D eigenvalue weighted by Crippen LogP contribution is 2.30. The molecule has 0 fully saturated rings. The van der Waals surface area contributed by atoms with E-state index in [1.165, 1.54) is 5.57 Å². The van der Waals surface area contributed by atoms with Crippen LogP contribution in [-0.4, -0.2) is 7.05 Å². The molecule has 82 valence electrons. The van der Waals surface area contributed by atoms with Crippen molar-refractivity contribution in [2.75, 3.05) is 7.05 Å². The van der Waals surface area contributed by atoms with Crippen molar-refractivity contribution >= 4 is 27.5 Å². The molecule has 0 saturated heterocycles. The van der Waals surface area contributed by atoms with Gasteiger partial charge in [0.25, 0.3) is 0 Å². The van der Waals surface area contributed by atoms with Crippen molar-refractivity contribution in [3.05, 3.63) is 44.9 Å². The third-order valence-corrected chi connectivity index (χ3v) is 3.44. The molecule has 0 aliphatic rings. The molecule has 0 saturated carbocycles. The highest BCUT2D eigenvalue weighted by Gasteiger charge is 2.11. The maximum absolute atomic E-state index is 6.23. The Balaban J connectivity index is 3.13. The van der Waals surface area contributed by atoms with Gasteiger partial charge in [0.1, 0.15) is 0 Å². The summed E-state index contributed by atoms with van der Waals surface area (Å²) >= 11 is 9.66. The lowest BCUT2D eigenvalue weighted by Gasteiger charge is -2.15. The van der Waals surface area contributed by atoms with E-state index in [4.69, 9.17) is 11.6 Å². The maximum Gasteiger partial charge on any atom is 0.0599 e. The lowest BCUT2D eigenvalue weighted by molar-refractivity contribution is 0.709. The number of nitrogens with one attached hydrogen (secondary N) is 1. The zero-order valence-corrected chi connectivity index (χ0v) is 11.5. The Morgan fingerprint density at radius 3 is 2.67 bits per heavy atom. The van der Waals surface area contributed by atoms with Crippen molar-refractivity contribution in [2.45, 2.75) is 19.9 Å². The fourth-order valence-corrected chi connectivity index (χ4v) is 2.05. The lowest BCUT2D eigenvalue weighted by atomic mass is 10.0. The third kappa shape index (κ3) is 3.33. The first kappa shape index (κ1) is 12.8. The Labute approximate surface area is 105 Å². The van der Waals surface area contributed by atoms with Gasteiger partial charge in [0.2, 0.25) is 0 Å². The number of rotatable bonds is 3. The van der Waals surface area contributed by atoms with E-state index in [0.29, 0.717) is 0 Å². The zero-order valence-electron chi connectivity index (χ0n) is 9.14. The van der Waals surface area contributed by atoms with Crippen LogP contribution in [0.15, 0.2) is 34.3 Å². The van der Waals surface area contributed by atoms with Crippen LogP contribution in [0.5, 0.6) is 0 Å². The Hall–Kier alpha value is -0.310. The lowest BCUT2D eigenvalue weighted by Crippen LogP contribution is -2.14. The molecule has 1 atom stereocenters. The van der Waals surface area contributed by atoms with Crippen molar-refractivity contribution < 1.29 is 0 Å². The molecular weight excluding hydrogens is 273 g/mol. The van der Waals surface area contributed by atoms with Crippen molar-refractivity contribution in [1.29, 1.82) is 0 Å². The van der Waals surface area contributed by atoms with Gasteiger partial charge in [-0.1, -0.05) is 35.4 Å². The number of halogens is 2. The molecule has 1 N–H and O–H groups in total. The topological polar surface area (TPSA) is 12.0 Å². The average molecular weight is 289 g/mol. The second-order valence-electron chi connectivity index (χ2n) is 3.65. The Bertz CT molecular complexity index is 370. The molecule has 0 heterocycles. The summed E-state index contributed by atoms with van der Waals surface area (Å²) in [4.78, 5) is 0. The standard InChI is InChI=1S/C12H15BrClN/c1-8(2)7-11(15-3)9-5-4-6-10(13)12(9)14/h4-7,11,15H,1-3H3. The normalized spacial score (nSPS) is 12.3. The summed E-state index contributed by atoms with van der Waals surface area (Å²) < 4.78 is 0.934. The van der Waals surface area contributed by atoms with Gasteiger partial charge in [-0.3, -0.25) is 0 Å². The first-order chi connectivity index (χ1) is 7.06. The predicted molar refractivity (Wildman–Crippen MR) is 70.4 cm³/mol. The smallest absolute Gasteiger partial charge is 0.0599 e. The van der Waals surface area contributed by atoms with Gasteiger partial charge < -0.3 is 5.32 Å². The minimum atomic E-state index is 0.167. The molecule has 1 aromatic rings. The monoisotopic (exact) mass is 287 g/mol. The van der Waals surface area contributed by atoms with E-state index in [1.54, 1.807) is 0 Å². The average Bonchev–Trinajstić information content (AvgIpc) is 2.19. The van der Waals surface area contributed by atoms with Crippen molar-refractivity contribution in [2.24, 2.45) is 0 Å². The van der Waals surface area contributed by atoms with Gasteiger partial charge in [-0.15, -0.1) is 0 Å². The van der Waals surface area contributed by atoms with E-state index in [9.17, 15) is 0 Å². The van der Waals surface area contributed by atoms with Crippen molar-refractivity contribution in [1.82, 2.24) is 5.32 Å². The van der Waals surface area contributed by atoms with Crippen molar-refractivity contribution in [3.63, 3.8) is 0 Å². The molecule has 0 aliphatic heterocycles. The molecule has 1 nitrogen and oxygen atoms in total. The second-order valence-corrected chi connectivity index (χ2v) is 4.89. The SMILES string of the molecule is CNC(C=C(C)C)c1cccc(Br)c1Cl. The molecule has 1 aromatic carbocycles. The first-order valence-electron chi connectivity index (χ1n) is 4.82. The molecule has 0 spiro atoms. The Morgan fingerprint density at radius 2 is 2.13 bits per heavy atom. The minimum absolute atomic E-state index is 0.167. The van der Waals surface area contributed by atoms with E-state index >= 15 is 0 Å². The van der Waals surface area contributed by atoms with Gasteiger partial charge in [0.05, 0.1) is 11.1 Å². The molecule has 0 bridgehead atoms. The molecule has 1 rings (SSSR count). The molecule has 0 amide bonds. The fourth-order valence-electron chi connectivity index (χ4n) is 1.42. The molecule has 1 unspecified atom stereocenters. The molecule has 3 heteroatoms. The van der Waals surface area contributed by atoms with Gasteiger partial charge in [-0.05, 0) is 48.5 Å². The summed E-state index contributed by atoms with van der Waals surface area (Å²) in [6.07, 6.45) is 2.16. The van der Waals surface area contributed by atoms with Gasteiger partial charge in [-0.2, -0.15) is 0 Å². The molecule has 0 aliphatic carbocycles. The summed E-state index contributed by atoms with van der Waals surface area (Å²) in [6, 6.07) is 6.14. The summed E-state index contributed by atoms with van der Waals surface area (Å²) in [7, 11) is 1.93. The highest BCUT2D eigenvalue weighted by atomic mass is 79.9. The maximum atomic E-state index is 6.23. The predicted octanol–water partition coefficient (Wildman–Crippen LogP) is 4.33. The van der Waals surface area contributed by atoms with Crippen LogP contribution in [0, 0.1) is 0 Å². The third-order valence-electron chi connectivity index (χ3n) is 2.13. The van der Waals surface area contributed by atoms with Crippen LogP contribution in [0.3, 0.4) is 0 Å². The molecular formula is C12H15BrClN. The van der Waals surface area contributed by atoms with E-state index in [0.717, 1.165) is 15.1 Å². The number of allylic oxidation sites excluding steroid dienone is 1. The number of benzene rings is 1. The van der Waals surface area contributed by atoms with Crippen LogP contribution in [-0.2, 0) is 0 Å². The molecule has 0 aromatic heterocycles. The van der Waals surface area contributed by atoms with Gasteiger partial charge >= 0.3 is 0 Å². The fraction of sp³-hybridized carbons (Fsp3) is 0.333. The minimum Gasteiger partial charge on any atom is -0.310 e. The van der Waals surface area contributed by atoms with E-state index in [1.807, 2.05) is 25.2 Å². The summed E-state index contributed by atoms with van der Waals surface area (Å²) in [6.45, 7) is 4.16. The number of hydrogen-bond acceptors (Lipinski definition) is 1.